The van der Waals surface area contributed by atoms with E-state index in [2.05, 4.69) is 12.1 Å². The third-order valence-electron chi connectivity index (χ3n) is 4.41. The fourth-order valence-electron chi connectivity index (χ4n) is 3.07. The molecule has 0 aromatic heterocycles. The number of carbonyl (C=O) groups excluding carboxylic acids is 1. The summed E-state index contributed by atoms with van der Waals surface area (Å²) >= 11 is 0. The van der Waals surface area contributed by atoms with E-state index < -0.39 is 0 Å². The SMILES string of the molecule is CCOC(=O)/C=C(\C)COc1ccc(C[C@@H]2CCCC[C@@H]2O)cc1. The van der Waals surface area contributed by atoms with Gasteiger partial charge in [0.25, 0.3) is 0 Å². The Morgan fingerprint density at radius 3 is 2.62 bits per heavy atom. The lowest BCUT2D eigenvalue weighted by atomic mass is 9.82. The van der Waals surface area contributed by atoms with Crippen LogP contribution in [0.15, 0.2) is 35.9 Å². The summed E-state index contributed by atoms with van der Waals surface area (Å²) in [5.74, 6) is 0.819. The second-order valence-corrected chi connectivity index (χ2v) is 6.49. The molecule has 2 atom stereocenters. The van der Waals surface area contributed by atoms with Crippen LogP contribution in [0.25, 0.3) is 0 Å². The number of ether oxygens (including phenoxy) is 2. The van der Waals surface area contributed by atoms with Crippen molar-refractivity contribution < 1.29 is 19.4 Å². The van der Waals surface area contributed by atoms with Gasteiger partial charge >= 0.3 is 5.97 Å². The molecular weight excluding hydrogens is 304 g/mol. The lowest BCUT2D eigenvalue weighted by Crippen LogP contribution is -2.26. The first kappa shape index (κ1) is 18.5. The van der Waals surface area contributed by atoms with Crippen LogP contribution in [0.3, 0.4) is 0 Å². The Morgan fingerprint density at radius 1 is 1.25 bits per heavy atom. The van der Waals surface area contributed by atoms with Crippen molar-refractivity contribution in [2.75, 3.05) is 13.2 Å². The molecule has 0 amide bonds. The minimum atomic E-state index is -0.333. The minimum absolute atomic E-state index is 0.162. The largest absolute Gasteiger partial charge is 0.489 e. The lowest BCUT2D eigenvalue weighted by Gasteiger charge is -2.27. The van der Waals surface area contributed by atoms with Crippen LogP contribution in [-0.4, -0.2) is 30.4 Å². The van der Waals surface area contributed by atoms with Crippen LogP contribution in [0.2, 0.25) is 0 Å². The summed E-state index contributed by atoms with van der Waals surface area (Å²) in [5, 5.41) is 10.1. The highest BCUT2D eigenvalue weighted by Gasteiger charge is 2.22. The monoisotopic (exact) mass is 332 g/mol. The molecule has 1 aromatic carbocycles. The molecule has 1 aliphatic carbocycles. The number of benzene rings is 1. The quantitative estimate of drug-likeness (QED) is 0.611. The van der Waals surface area contributed by atoms with Gasteiger partial charge in [0.2, 0.25) is 0 Å². The van der Waals surface area contributed by atoms with Gasteiger partial charge in [0, 0.05) is 6.08 Å². The van der Waals surface area contributed by atoms with E-state index in [1.807, 2.05) is 19.1 Å². The van der Waals surface area contributed by atoms with Crippen molar-refractivity contribution in [1.29, 1.82) is 0 Å². The molecule has 0 bridgehead atoms. The predicted octanol–water partition coefficient (Wildman–Crippen LogP) is 3.67. The van der Waals surface area contributed by atoms with E-state index in [1.165, 1.54) is 18.1 Å². The van der Waals surface area contributed by atoms with Gasteiger partial charge in [0.15, 0.2) is 0 Å². The average Bonchev–Trinajstić information content (AvgIpc) is 2.56. The van der Waals surface area contributed by atoms with Crippen LogP contribution in [-0.2, 0) is 16.0 Å². The minimum Gasteiger partial charge on any atom is -0.489 e. The second kappa shape index (κ2) is 9.48. The Kier molecular flexibility index (Phi) is 7.32. The van der Waals surface area contributed by atoms with Gasteiger partial charge < -0.3 is 14.6 Å². The highest BCUT2D eigenvalue weighted by Crippen LogP contribution is 2.28. The molecule has 0 unspecified atom stereocenters. The lowest BCUT2D eigenvalue weighted by molar-refractivity contribution is -0.137. The molecule has 2 rings (SSSR count). The fraction of sp³-hybridized carbons (Fsp3) is 0.550. The van der Waals surface area contributed by atoms with Crippen LogP contribution >= 0.6 is 0 Å². The zero-order valence-electron chi connectivity index (χ0n) is 14.7. The maximum atomic E-state index is 11.4. The van der Waals surface area contributed by atoms with Gasteiger partial charge in [-0.2, -0.15) is 0 Å². The Labute approximate surface area is 144 Å². The summed E-state index contributed by atoms with van der Waals surface area (Å²) in [5.41, 5.74) is 2.05. The van der Waals surface area contributed by atoms with Crippen molar-refractivity contribution in [1.82, 2.24) is 0 Å². The van der Waals surface area contributed by atoms with Crippen molar-refractivity contribution in [2.24, 2.45) is 5.92 Å². The average molecular weight is 332 g/mol. The molecule has 1 saturated carbocycles. The molecule has 0 spiro atoms. The van der Waals surface area contributed by atoms with E-state index in [9.17, 15) is 9.90 Å². The molecular formula is C20H28O4. The summed E-state index contributed by atoms with van der Waals surface area (Å²) in [7, 11) is 0. The van der Waals surface area contributed by atoms with Crippen LogP contribution in [0.4, 0.5) is 0 Å². The van der Waals surface area contributed by atoms with Gasteiger partial charge in [0.05, 0.1) is 12.7 Å². The van der Waals surface area contributed by atoms with Crippen molar-refractivity contribution in [2.45, 2.75) is 52.1 Å². The smallest absolute Gasteiger partial charge is 0.330 e. The van der Waals surface area contributed by atoms with E-state index >= 15 is 0 Å². The maximum absolute atomic E-state index is 11.4. The van der Waals surface area contributed by atoms with Crippen LogP contribution < -0.4 is 4.74 Å². The topological polar surface area (TPSA) is 55.8 Å². The van der Waals surface area contributed by atoms with E-state index in [0.717, 1.165) is 37.0 Å². The summed E-state index contributed by atoms with van der Waals surface area (Å²) in [6, 6.07) is 8.01. The molecule has 4 nitrogen and oxygen atoms in total. The summed E-state index contributed by atoms with van der Waals surface area (Å²) in [6.45, 7) is 4.36. The Morgan fingerprint density at radius 2 is 1.96 bits per heavy atom. The van der Waals surface area contributed by atoms with Crippen molar-refractivity contribution in [3.63, 3.8) is 0 Å². The normalized spacial score (nSPS) is 21.4. The van der Waals surface area contributed by atoms with Gasteiger partial charge in [0.1, 0.15) is 12.4 Å². The molecule has 132 valence electrons. The fourth-order valence-corrected chi connectivity index (χ4v) is 3.07. The highest BCUT2D eigenvalue weighted by atomic mass is 16.5. The van der Waals surface area contributed by atoms with Crippen LogP contribution in [0.5, 0.6) is 5.75 Å². The summed E-state index contributed by atoms with van der Waals surface area (Å²) in [6.07, 6.45) is 6.61. The number of hydrogen-bond acceptors (Lipinski definition) is 4. The number of esters is 1. The van der Waals surface area contributed by atoms with Gasteiger partial charge in [-0.1, -0.05) is 25.0 Å². The van der Waals surface area contributed by atoms with Gasteiger partial charge in [-0.15, -0.1) is 0 Å². The maximum Gasteiger partial charge on any atom is 0.330 e. The molecule has 1 N–H and O–H groups in total. The Bertz CT molecular complexity index is 547. The zero-order chi connectivity index (χ0) is 17.4. The van der Waals surface area contributed by atoms with Crippen molar-refractivity contribution in [3.8, 4) is 5.75 Å². The molecule has 24 heavy (non-hydrogen) atoms. The summed E-state index contributed by atoms with van der Waals surface area (Å²) < 4.78 is 10.6. The number of carbonyl (C=O) groups is 1. The zero-order valence-corrected chi connectivity index (χ0v) is 14.7. The number of aliphatic hydroxyl groups excluding tert-OH is 1. The van der Waals surface area contributed by atoms with Gasteiger partial charge in [-0.05, 0) is 62.3 Å². The first-order valence-corrected chi connectivity index (χ1v) is 8.82. The molecule has 0 radical (unpaired) electrons. The van der Waals surface area contributed by atoms with Crippen LogP contribution in [0, 0.1) is 5.92 Å². The molecule has 0 heterocycles. The number of hydrogen-bond donors (Lipinski definition) is 1. The first-order chi connectivity index (χ1) is 11.6. The first-order valence-electron chi connectivity index (χ1n) is 8.82. The number of aliphatic hydroxyl groups is 1. The van der Waals surface area contributed by atoms with Crippen LogP contribution in [0.1, 0.15) is 45.1 Å². The third kappa shape index (κ3) is 6.00. The standard InChI is InChI=1S/C20H28O4/c1-3-23-20(22)12-15(2)14-24-18-10-8-16(9-11-18)13-17-6-4-5-7-19(17)21/h8-12,17,19,21H,3-7,13-14H2,1-2H3/b15-12+/t17-,19-/m0/s1. The molecule has 1 aliphatic rings. The van der Waals surface area contributed by atoms with E-state index in [4.69, 9.17) is 9.47 Å². The summed E-state index contributed by atoms with van der Waals surface area (Å²) in [4.78, 5) is 11.4. The van der Waals surface area contributed by atoms with E-state index in [0.29, 0.717) is 19.1 Å². The molecule has 1 fully saturated rings. The van der Waals surface area contributed by atoms with E-state index in [-0.39, 0.29) is 12.1 Å². The number of rotatable bonds is 7. The van der Waals surface area contributed by atoms with Gasteiger partial charge in [-0.25, -0.2) is 4.79 Å². The van der Waals surface area contributed by atoms with Crippen molar-refractivity contribution in [3.05, 3.63) is 41.5 Å². The molecule has 0 saturated heterocycles. The molecule has 0 aliphatic heterocycles. The van der Waals surface area contributed by atoms with Crippen molar-refractivity contribution >= 4 is 5.97 Å². The van der Waals surface area contributed by atoms with E-state index in [1.54, 1.807) is 6.92 Å². The second-order valence-electron chi connectivity index (χ2n) is 6.49. The highest BCUT2D eigenvalue weighted by molar-refractivity contribution is 5.82. The predicted molar refractivity (Wildman–Crippen MR) is 94.0 cm³/mol. The molecule has 4 heteroatoms. The Balaban J connectivity index is 1.82. The third-order valence-corrected chi connectivity index (χ3v) is 4.41. The van der Waals surface area contributed by atoms with Gasteiger partial charge in [-0.3, -0.25) is 0 Å². The molecule has 1 aromatic rings. The Hall–Kier alpha value is -1.81.